The van der Waals surface area contributed by atoms with Crippen molar-refractivity contribution in [2.75, 3.05) is 6.54 Å². The van der Waals surface area contributed by atoms with E-state index in [1.807, 2.05) is 6.92 Å². The predicted molar refractivity (Wildman–Crippen MR) is 62.9 cm³/mol. The van der Waals surface area contributed by atoms with E-state index in [2.05, 4.69) is 19.2 Å². The van der Waals surface area contributed by atoms with Gasteiger partial charge in [0.1, 0.15) is 11.6 Å². The minimum Gasteiger partial charge on any atom is -0.342 e. The molecule has 0 spiro atoms. The summed E-state index contributed by atoms with van der Waals surface area (Å²) in [4.78, 5) is 25.8. The molecule has 1 aliphatic heterocycles. The monoisotopic (exact) mass is 226 g/mol. The molecule has 16 heavy (non-hydrogen) atoms. The first-order valence-electron chi connectivity index (χ1n) is 5.93. The Morgan fingerprint density at radius 3 is 2.38 bits per heavy atom. The Kier molecular flexibility index (Phi) is 3.61. The van der Waals surface area contributed by atoms with Crippen molar-refractivity contribution in [3.63, 3.8) is 0 Å². The molecule has 1 heterocycles. The normalized spacial score (nSPS) is 24.9. The lowest BCUT2D eigenvalue weighted by atomic mass is 9.93. The lowest BCUT2D eigenvalue weighted by molar-refractivity contribution is -0.156. The summed E-state index contributed by atoms with van der Waals surface area (Å²) in [6, 6.07) is -0.348. The molecule has 4 nitrogen and oxygen atoms in total. The minimum absolute atomic E-state index is 0.0424. The molecule has 1 atom stereocenters. The van der Waals surface area contributed by atoms with Gasteiger partial charge in [-0.1, -0.05) is 20.8 Å². The van der Waals surface area contributed by atoms with Crippen LogP contribution in [-0.4, -0.2) is 34.8 Å². The van der Waals surface area contributed by atoms with Gasteiger partial charge in [-0.2, -0.15) is 0 Å². The largest absolute Gasteiger partial charge is 0.342 e. The summed E-state index contributed by atoms with van der Waals surface area (Å²) in [5.74, 6) is 0.354. The molecule has 0 aromatic carbocycles. The molecule has 0 aliphatic carbocycles. The van der Waals surface area contributed by atoms with E-state index in [1.165, 1.54) is 0 Å². The van der Waals surface area contributed by atoms with Crippen LogP contribution in [0.25, 0.3) is 0 Å². The highest BCUT2D eigenvalue weighted by Crippen LogP contribution is 2.23. The third-order valence-corrected chi connectivity index (χ3v) is 3.06. The Morgan fingerprint density at radius 2 is 1.94 bits per heavy atom. The van der Waals surface area contributed by atoms with Crippen LogP contribution in [0.15, 0.2) is 0 Å². The summed E-state index contributed by atoms with van der Waals surface area (Å²) in [5.41, 5.74) is -0.729. The summed E-state index contributed by atoms with van der Waals surface area (Å²) < 4.78 is 0. The van der Waals surface area contributed by atoms with Crippen LogP contribution in [-0.2, 0) is 9.59 Å². The van der Waals surface area contributed by atoms with Crippen LogP contribution in [0, 0.1) is 5.92 Å². The molecule has 1 N–H and O–H groups in total. The quantitative estimate of drug-likeness (QED) is 0.785. The SMILES string of the molecule is CCC1NC(=O)C(C)(C)N(CC(C)C)C1=O. The van der Waals surface area contributed by atoms with Crippen molar-refractivity contribution in [3.8, 4) is 0 Å². The third kappa shape index (κ3) is 2.20. The van der Waals surface area contributed by atoms with Crippen LogP contribution in [0.2, 0.25) is 0 Å². The van der Waals surface area contributed by atoms with E-state index in [9.17, 15) is 9.59 Å². The van der Waals surface area contributed by atoms with Gasteiger partial charge in [-0.3, -0.25) is 9.59 Å². The van der Waals surface area contributed by atoms with Gasteiger partial charge in [0.25, 0.3) is 0 Å². The molecule has 0 saturated carbocycles. The van der Waals surface area contributed by atoms with E-state index in [4.69, 9.17) is 0 Å². The second-order valence-corrected chi connectivity index (χ2v) is 5.34. The molecule has 0 radical (unpaired) electrons. The zero-order valence-electron chi connectivity index (χ0n) is 10.8. The van der Waals surface area contributed by atoms with E-state index in [0.717, 1.165) is 0 Å². The summed E-state index contributed by atoms with van der Waals surface area (Å²) >= 11 is 0. The van der Waals surface area contributed by atoms with E-state index in [1.54, 1.807) is 18.7 Å². The Bertz CT molecular complexity index is 297. The fourth-order valence-corrected chi connectivity index (χ4v) is 1.94. The van der Waals surface area contributed by atoms with E-state index < -0.39 is 5.54 Å². The molecule has 0 aromatic rings. The van der Waals surface area contributed by atoms with Gasteiger partial charge >= 0.3 is 0 Å². The van der Waals surface area contributed by atoms with Crippen molar-refractivity contribution in [2.24, 2.45) is 5.92 Å². The predicted octanol–water partition coefficient (Wildman–Crippen LogP) is 1.16. The summed E-state index contributed by atoms with van der Waals surface area (Å²) in [6.07, 6.45) is 0.648. The number of nitrogens with zero attached hydrogens (tertiary/aromatic N) is 1. The fourth-order valence-electron chi connectivity index (χ4n) is 1.94. The van der Waals surface area contributed by atoms with Crippen molar-refractivity contribution >= 4 is 11.8 Å². The number of carbonyl (C=O) groups is 2. The van der Waals surface area contributed by atoms with Crippen LogP contribution in [0.1, 0.15) is 41.0 Å². The number of hydrogen-bond acceptors (Lipinski definition) is 2. The zero-order chi connectivity index (χ0) is 12.5. The molecule has 0 aromatic heterocycles. The van der Waals surface area contributed by atoms with E-state index in [0.29, 0.717) is 18.9 Å². The summed E-state index contributed by atoms with van der Waals surface area (Å²) in [5, 5.41) is 2.78. The van der Waals surface area contributed by atoms with Crippen LogP contribution in [0.4, 0.5) is 0 Å². The average molecular weight is 226 g/mol. The highest BCUT2D eigenvalue weighted by atomic mass is 16.2. The van der Waals surface area contributed by atoms with Gasteiger partial charge in [0, 0.05) is 6.54 Å². The molecular formula is C12H22N2O2. The Morgan fingerprint density at radius 1 is 1.38 bits per heavy atom. The van der Waals surface area contributed by atoms with Gasteiger partial charge < -0.3 is 10.2 Å². The van der Waals surface area contributed by atoms with Gasteiger partial charge in [-0.25, -0.2) is 0 Å². The summed E-state index contributed by atoms with van der Waals surface area (Å²) in [6.45, 7) is 10.3. The topological polar surface area (TPSA) is 49.4 Å². The molecule has 1 saturated heterocycles. The second kappa shape index (κ2) is 4.44. The molecule has 0 bridgehead atoms. The Labute approximate surface area is 97.4 Å². The Balaban J connectivity index is 2.96. The van der Waals surface area contributed by atoms with Crippen molar-refractivity contribution < 1.29 is 9.59 Å². The highest BCUT2D eigenvalue weighted by Gasteiger charge is 2.45. The number of rotatable bonds is 3. The van der Waals surface area contributed by atoms with E-state index >= 15 is 0 Å². The van der Waals surface area contributed by atoms with Gasteiger partial charge in [-0.05, 0) is 26.2 Å². The number of hydrogen-bond donors (Lipinski definition) is 1. The molecule has 1 unspecified atom stereocenters. The maximum Gasteiger partial charge on any atom is 0.246 e. The minimum atomic E-state index is -0.729. The molecule has 4 heteroatoms. The van der Waals surface area contributed by atoms with Crippen LogP contribution >= 0.6 is 0 Å². The first kappa shape index (κ1) is 13.0. The fraction of sp³-hybridized carbons (Fsp3) is 0.833. The molecule has 1 aliphatic rings. The maximum atomic E-state index is 12.2. The van der Waals surface area contributed by atoms with Crippen molar-refractivity contribution in [1.82, 2.24) is 10.2 Å². The first-order chi connectivity index (χ1) is 7.30. The van der Waals surface area contributed by atoms with Crippen molar-refractivity contribution in [3.05, 3.63) is 0 Å². The second-order valence-electron chi connectivity index (χ2n) is 5.34. The van der Waals surface area contributed by atoms with Crippen molar-refractivity contribution in [1.29, 1.82) is 0 Å². The number of nitrogens with one attached hydrogen (secondary N) is 1. The van der Waals surface area contributed by atoms with Crippen molar-refractivity contribution in [2.45, 2.75) is 52.6 Å². The number of piperazine rings is 1. The number of carbonyl (C=O) groups excluding carboxylic acids is 2. The first-order valence-corrected chi connectivity index (χ1v) is 5.93. The molecule has 2 amide bonds. The lowest BCUT2D eigenvalue weighted by Crippen LogP contribution is -2.68. The standard InChI is InChI=1S/C12H22N2O2/c1-6-9-10(15)14(7-8(2)3)12(4,5)11(16)13-9/h8-9H,6-7H2,1-5H3,(H,13,16). The molecule has 1 rings (SSSR count). The zero-order valence-corrected chi connectivity index (χ0v) is 10.8. The molecule has 1 fully saturated rings. The molecular weight excluding hydrogens is 204 g/mol. The molecule has 92 valence electrons. The average Bonchev–Trinajstić information content (AvgIpc) is 2.18. The van der Waals surface area contributed by atoms with Gasteiger partial charge in [0.2, 0.25) is 11.8 Å². The van der Waals surface area contributed by atoms with Crippen LogP contribution < -0.4 is 5.32 Å². The summed E-state index contributed by atoms with van der Waals surface area (Å²) in [7, 11) is 0. The highest BCUT2D eigenvalue weighted by molar-refractivity contribution is 5.99. The van der Waals surface area contributed by atoms with Gasteiger partial charge in [0.05, 0.1) is 0 Å². The maximum absolute atomic E-state index is 12.2. The van der Waals surface area contributed by atoms with E-state index in [-0.39, 0.29) is 17.9 Å². The third-order valence-electron chi connectivity index (χ3n) is 3.06. The van der Waals surface area contributed by atoms with Crippen LogP contribution in [0.3, 0.4) is 0 Å². The number of amides is 2. The van der Waals surface area contributed by atoms with Gasteiger partial charge in [-0.15, -0.1) is 0 Å². The smallest absolute Gasteiger partial charge is 0.246 e. The Hall–Kier alpha value is -1.06. The lowest BCUT2D eigenvalue weighted by Gasteiger charge is -2.44. The van der Waals surface area contributed by atoms with Crippen LogP contribution in [0.5, 0.6) is 0 Å². The van der Waals surface area contributed by atoms with Gasteiger partial charge in [0.15, 0.2) is 0 Å².